The predicted octanol–water partition coefficient (Wildman–Crippen LogP) is 3.77. The average molecular weight is 333 g/mol. The van der Waals surface area contributed by atoms with Crippen molar-refractivity contribution in [1.29, 1.82) is 0 Å². The summed E-state index contributed by atoms with van der Waals surface area (Å²) < 4.78 is 13.2. The van der Waals surface area contributed by atoms with Crippen LogP contribution >= 0.6 is 11.3 Å². The molecule has 0 radical (unpaired) electrons. The molecular formula is C17H20FN3OS. The zero-order valence-corrected chi connectivity index (χ0v) is 13.9. The minimum Gasteiger partial charge on any atom is -0.298 e. The van der Waals surface area contributed by atoms with Crippen molar-refractivity contribution in [3.63, 3.8) is 0 Å². The molecule has 1 aliphatic rings. The third-order valence-corrected chi connectivity index (χ3v) is 4.93. The van der Waals surface area contributed by atoms with E-state index in [2.05, 4.69) is 22.1 Å². The molecule has 0 unspecified atom stereocenters. The Balaban J connectivity index is 1.58. The number of carbonyl (C=O) groups is 1. The summed E-state index contributed by atoms with van der Waals surface area (Å²) in [6.07, 6.45) is 2.46. The topological polar surface area (TPSA) is 45.2 Å². The van der Waals surface area contributed by atoms with E-state index in [1.165, 1.54) is 42.4 Å². The zero-order chi connectivity index (χ0) is 16.2. The maximum atomic E-state index is 13.2. The molecule has 1 amide bonds. The van der Waals surface area contributed by atoms with Crippen molar-refractivity contribution in [2.24, 2.45) is 5.92 Å². The number of anilines is 1. The maximum Gasteiger partial charge on any atom is 0.257 e. The van der Waals surface area contributed by atoms with Gasteiger partial charge in [0, 0.05) is 17.5 Å². The van der Waals surface area contributed by atoms with Crippen LogP contribution in [0.2, 0.25) is 0 Å². The van der Waals surface area contributed by atoms with Gasteiger partial charge in [0.05, 0.1) is 5.69 Å². The molecule has 122 valence electrons. The second-order valence-corrected chi connectivity index (χ2v) is 6.93. The summed E-state index contributed by atoms with van der Waals surface area (Å²) in [5.41, 5.74) is 1.27. The van der Waals surface area contributed by atoms with Crippen molar-refractivity contribution in [2.75, 3.05) is 18.4 Å². The lowest BCUT2D eigenvalue weighted by Crippen LogP contribution is -2.32. The lowest BCUT2D eigenvalue weighted by molar-refractivity contribution is 0.102. The number of hydrogen-bond acceptors (Lipinski definition) is 4. The number of benzene rings is 1. The van der Waals surface area contributed by atoms with Crippen molar-refractivity contribution in [3.8, 4) is 0 Å². The Morgan fingerprint density at radius 2 is 2.22 bits per heavy atom. The first-order valence-corrected chi connectivity index (χ1v) is 8.72. The lowest BCUT2D eigenvalue weighted by Gasteiger charge is -2.29. The fraction of sp³-hybridized carbons (Fsp3) is 0.412. The summed E-state index contributed by atoms with van der Waals surface area (Å²) in [5.74, 6) is 0.0526. The quantitative estimate of drug-likeness (QED) is 0.926. The number of nitrogens with one attached hydrogen (secondary N) is 1. The third kappa shape index (κ3) is 4.36. The number of nitrogens with zero attached hydrogens (tertiary/aromatic N) is 2. The predicted molar refractivity (Wildman–Crippen MR) is 90.1 cm³/mol. The Kier molecular flexibility index (Phi) is 5.03. The van der Waals surface area contributed by atoms with Crippen LogP contribution < -0.4 is 5.32 Å². The Hall–Kier alpha value is -1.79. The summed E-state index contributed by atoms with van der Waals surface area (Å²) in [6, 6.07) is 5.65. The molecule has 1 aliphatic heterocycles. The first-order chi connectivity index (χ1) is 11.1. The van der Waals surface area contributed by atoms with Crippen LogP contribution in [0.15, 0.2) is 29.6 Å². The van der Waals surface area contributed by atoms with Gasteiger partial charge in [-0.1, -0.05) is 13.0 Å². The molecule has 1 aromatic carbocycles. The van der Waals surface area contributed by atoms with Crippen LogP contribution in [0.5, 0.6) is 0 Å². The van der Waals surface area contributed by atoms with Crippen LogP contribution in [0, 0.1) is 11.7 Å². The van der Waals surface area contributed by atoms with E-state index in [-0.39, 0.29) is 5.91 Å². The number of likely N-dealkylation sites (tertiary alicyclic amines) is 1. The Labute approximate surface area is 139 Å². The molecule has 4 nitrogen and oxygen atoms in total. The molecule has 3 rings (SSSR count). The first-order valence-electron chi connectivity index (χ1n) is 7.84. The highest BCUT2D eigenvalue weighted by atomic mass is 32.1. The van der Waals surface area contributed by atoms with Gasteiger partial charge in [0.2, 0.25) is 0 Å². The second kappa shape index (κ2) is 7.19. The minimum absolute atomic E-state index is 0.298. The summed E-state index contributed by atoms with van der Waals surface area (Å²) in [6.45, 7) is 5.31. The fourth-order valence-corrected chi connectivity index (χ4v) is 3.38. The molecule has 0 spiro atoms. The number of amides is 1. The molecule has 1 N–H and O–H groups in total. The monoisotopic (exact) mass is 333 g/mol. The van der Waals surface area contributed by atoms with Crippen LogP contribution in [0.25, 0.3) is 0 Å². The zero-order valence-electron chi connectivity index (χ0n) is 13.1. The van der Waals surface area contributed by atoms with Crippen LogP contribution in [0.3, 0.4) is 0 Å². The van der Waals surface area contributed by atoms with Crippen molar-refractivity contribution >= 4 is 22.4 Å². The largest absolute Gasteiger partial charge is 0.298 e. The number of hydrogen-bond donors (Lipinski definition) is 1. The van der Waals surface area contributed by atoms with Gasteiger partial charge in [-0.2, -0.15) is 0 Å². The summed E-state index contributed by atoms with van der Waals surface area (Å²) >= 11 is 1.40. The van der Waals surface area contributed by atoms with Crippen LogP contribution in [0.1, 0.15) is 35.8 Å². The van der Waals surface area contributed by atoms with Gasteiger partial charge < -0.3 is 0 Å². The van der Waals surface area contributed by atoms with E-state index in [9.17, 15) is 9.18 Å². The van der Waals surface area contributed by atoms with Crippen molar-refractivity contribution in [1.82, 2.24) is 9.88 Å². The summed E-state index contributed by atoms with van der Waals surface area (Å²) in [5, 5.41) is 5.26. The molecule has 1 aromatic heterocycles. The van der Waals surface area contributed by atoms with Crippen molar-refractivity contribution < 1.29 is 9.18 Å². The maximum absolute atomic E-state index is 13.2. The molecule has 1 saturated heterocycles. The van der Waals surface area contributed by atoms with E-state index < -0.39 is 5.82 Å². The van der Waals surface area contributed by atoms with Gasteiger partial charge in [0.1, 0.15) is 5.82 Å². The van der Waals surface area contributed by atoms with Gasteiger partial charge in [-0.3, -0.25) is 15.0 Å². The number of aromatic nitrogens is 1. The molecule has 2 aromatic rings. The lowest BCUT2D eigenvalue weighted by atomic mass is 9.99. The van der Waals surface area contributed by atoms with Gasteiger partial charge in [-0.15, -0.1) is 11.3 Å². The SMILES string of the molecule is CC1CCN(Cc2csc(NC(=O)c3cccc(F)c3)n2)CC1. The number of piperidine rings is 1. The standard InChI is InChI=1S/C17H20FN3OS/c1-12-5-7-21(8-6-12)10-15-11-23-17(19-15)20-16(22)13-3-2-4-14(18)9-13/h2-4,9,11-12H,5-8,10H2,1H3,(H,19,20,22). The van der Waals surface area contributed by atoms with Gasteiger partial charge >= 0.3 is 0 Å². The van der Waals surface area contributed by atoms with E-state index in [4.69, 9.17) is 0 Å². The second-order valence-electron chi connectivity index (χ2n) is 6.07. The van der Waals surface area contributed by atoms with E-state index in [0.29, 0.717) is 10.7 Å². The normalized spacial score (nSPS) is 16.4. The number of carbonyl (C=O) groups excluding carboxylic acids is 1. The van der Waals surface area contributed by atoms with Gasteiger partial charge in [-0.25, -0.2) is 9.37 Å². The Morgan fingerprint density at radius 3 is 2.96 bits per heavy atom. The first kappa shape index (κ1) is 16.1. The van der Waals surface area contributed by atoms with Gasteiger partial charge in [0.25, 0.3) is 5.91 Å². The molecular weight excluding hydrogens is 313 g/mol. The van der Waals surface area contributed by atoms with Crippen LogP contribution in [-0.4, -0.2) is 28.9 Å². The highest BCUT2D eigenvalue weighted by Crippen LogP contribution is 2.21. The van der Waals surface area contributed by atoms with Crippen LogP contribution in [-0.2, 0) is 6.54 Å². The number of thiazole rings is 1. The Morgan fingerprint density at radius 1 is 1.43 bits per heavy atom. The van der Waals surface area contributed by atoms with Gasteiger partial charge in [-0.05, 0) is 50.0 Å². The molecule has 0 aliphatic carbocycles. The smallest absolute Gasteiger partial charge is 0.257 e. The average Bonchev–Trinajstić information content (AvgIpc) is 2.96. The summed E-state index contributed by atoms with van der Waals surface area (Å²) in [4.78, 5) is 18.9. The van der Waals surface area contributed by atoms with E-state index in [0.717, 1.165) is 31.2 Å². The van der Waals surface area contributed by atoms with E-state index >= 15 is 0 Å². The molecule has 0 bridgehead atoms. The highest BCUT2D eigenvalue weighted by molar-refractivity contribution is 7.13. The fourth-order valence-electron chi connectivity index (χ4n) is 2.69. The van der Waals surface area contributed by atoms with E-state index in [1.807, 2.05) is 5.38 Å². The third-order valence-electron chi connectivity index (χ3n) is 4.12. The molecule has 0 saturated carbocycles. The van der Waals surface area contributed by atoms with Crippen LogP contribution in [0.4, 0.5) is 9.52 Å². The van der Waals surface area contributed by atoms with E-state index in [1.54, 1.807) is 6.07 Å². The van der Waals surface area contributed by atoms with Gasteiger partial charge in [0.15, 0.2) is 5.13 Å². The molecule has 6 heteroatoms. The molecule has 2 heterocycles. The summed E-state index contributed by atoms with van der Waals surface area (Å²) in [7, 11) is 0. The molecule has 23 heavy (non-hydrogen) atoms. The Bertz CT molecular complexity index is 680. The number of halogens is 1. The highest BCUT2D eigenvalue weighted by Gasteiger charge is 2.17. The minimum atomic E-state index is -0.420. The molecule has 0 atom stereocenters. The van der Waals surface area contributed by atoms with Crippen molar-refractivity contribution in [2.45, 2.75) is 26.3 Å². The molecule has 1 fully saturated rings. The van der Waals surface area contributed by atoms with Crippen molar-refractivity contribution in [3.05, 3.63) is 46.7 Å². The number of rotatable bonds is 4.